The molecule has 7 nitrogen and oxygen atoms in total. The maximum Gasteiger partial charge on any atom is 0.416 e. The van der Waals surface area contributed by atoms with E-state index in [1.54, 1.807) is 6.92 Å². The second-order valence-corrected chi connectivity index (χ2v) is 6.46. The zero-order chi connectivity index (χ0) is 19.3. The van der Waals surface area contributed by atoms with Crippen molar-refractivity contribution in [1.29, 1.82) is 0 Å². The number of aryl methyl sites for hydroxylation is 1. The van der Waals surface area contributed by atoms with Gasteiger partial charge in [-0.2, -0.15) is 13.2 Å². The van der Waals surface area contributed by atoms with E-state index in [1.807, 2.05) is 4.90 Å². The molecular formula is C17H14F3N5O2. The Kier molecular flexibility index (Phi) is 3.88. The third kappa shape index (κ3) is 3.23. The van der Waals surface area contributed by atoms with Crippen molar-refractivity contribution in [2.75, 3.05) is 0 Å². The molecule has 0 aliphatic carbocycles. The SMILES string of the molecule is Cc1nc2c(c(=O)[nH]1)CN(Cc1nc3cc(C(F)(F)F)ccc3c(=O)[nH]1)C2. The first-order chi connectivity index (χ1) is 12.7. The molecule has 10 heteroatoms. The number of hydrogen-bond acceptors (Lipinski definition) is 5. The molecule has 0 radical (unpaired) electrons. The Morgan fingerprint density at radius 2 is 1.89 bits per heavy atom. The highest BCUT2D eigenvalue weighted by Gasteiger charge is 2.31. The second kappa shape index (κ2) is 6.02. The fourth-order valence-electron chi connectivity index (χ4n) is 3.22. The number of fused-ring (bicyclic) bond motifs is 2. The van der Waals surface area contributed by atoms with Crippen molar-refractivity contribution < 1.29 is 13.2 Å². The number of nitrogens with zero attached hydrogens (tertiary/aromatic N) is 3. The maximum absolute atomic E-state index is 12.9. The van der Waals surface area contributed by atoms with Crippen LogP contribution >= 0.6 is 0 Å². The summed E-state index contributed by atoms with van der Waals surface area (Å²) < 4.78 is 38.7. The van der Waals surface area contributed by atoms with Gasteiger partial charge in [0.1, 0.15) is 11.6 Å². The second-order valence-electron chi connectivity index (χ2n) is 6.46. The third-order valence-electron chi connectivity index (χ3n) is 4.43. The fourth-order valence-corrected chi connectivity index (χ4v) is 3.22. The number of halogens is 3. The molecular weight excluding hydrogens is 363 g/mol. The number of aromatic amines is 2. The van der Waals surface area contributed by atoms with E-state index in [0.717, 1.165) is 18.2 Å². The highest BCUT2D eigenvalue weighted by Crippen LogP contribution is 2.30. The minimum Gasteiger partial charge on any atom is -0.310 e. The Balaban J connectivity index is 1.66. The molecule has 0 saturated carbocycles. The first-order valence-electron chi connectivity index (χ1n) is 8.12. The van der Waals surface area contributed by atoms with Gasteiger partial charge < -0.3 is 9.97 Å². The smallest absolute Gasteiger partial charge is 0.310 e. The summed E-state index contributed by atoms with van der Waals surface area (Å²) in [7, 11) is 0. The molecule has 0 atom stereocenters. The Hall–Kier alpha value is -3.01. The number of nitrogens with one attached hydrogen (secondary N) is 2. The highest BCUT2D eigenvalue weighted by molar-refractivity contribution is 5.78. The molecule has 3 heterocycles. The van der Waals surface area contributed by atoms with E-state index < -0.39 is 17.3 Å². The molecule has 2 aromatic heterocycles. The van der Waals surface area contributed by atoms with E-state index in [9.17, 15) is 22.8 Å². The normalized spacial score (nSPS) is 14.7. The maximum atomic E-state index is 12.9. The summed E-state index contributed by atoms with van der Waals surface area (Å²) in [5.41, 5.74) is -0.408. The van der Waals surface area contributed by atoms with E-state index >= 15 is 0 Å². The lowest BCUT2D eigenvalue weighted by atomic mass is 10.1. The quantitative estimate of drug-likeness (QED) is 0.711. The summed E-state index contributed by atoms with van der Waals surface area (Å²) in [6, 6.07) is 2.84. The standard InChI is InChI=1S/C17H14F3N5O2/c1-8-21-13-6-25(5-11(13)16(27)22-8)7-14-23-12-4-9(17(18,19)20)2-3-10(12)15(26)24-14/h2-4H,5-7H2,1H3,(H,21,22,27)(H,23,24,26). The largest absolute Gasteiger partial charge is 0.416 e. The van der Waals surface area contributed by atoms with Gasteiger partial charge in [0.25, 0.3) is 11.1 Å². The van der Waals surface area contributed by atoms with Gasteiger partial charge in [-0.25, -0.2) is 9.97 Å². The van der Waals surface area contributed by atoms with Crippen LogP contribution in [0.1, 0.15) is 28.5 Å². The zero-order valence-electron chi connectivity index (χ0n) is 14.1. The molecule has 0 bridgehead atoms. The van der Waals surface area contributed by atoms with Crippen LogP contribution in [0.3, 0.4) is 0 Å². The molecule has 4 rings (SSSR count). The van der Waals surface area contributed by atoms with Gasteiger partial charge in [-0.05, 0) is 25.1 Å². The number of benzene rings is 1. The molecule has 0 spiro atoms. The lowest BCUT2D eigenvalue weighted by Gasteiger charge is -2.14. The van der Waals surface area contributed by atoms with E-state index in [-0.39, 0.29) is 28.8 Å². The first-order valence-corrected chi connectivity index (χ1v) is 8.12. The van der Waals surface area contributed by atoms with Gasteiger partial charge in [0.2, 0.25) is 0 Å². The summed E-state index contributed by atoms with van der Waals surface area (Å²) in [5, 5.41) is 0.0881. The average molecular weight is 377 g/mol. The monoisotopic (exact) mass is 377 g/mol. The summed E-state index contributed by atoms with van der Waals surface area (Å²) in [5.74, 6) is 0.741. The van der Waals surface area contributed by atoms with Crippen molar-refractivity contribution in [3.8, 4) is 0 Å². The van der Waals surface area contributed by atoms with Crippen LogP contribution in [0, 0.1) is 6.92 Å². The van der Waals surface area contributed by atoms with Gasteiger partial charge in [-0.15, -0.1) is 0 Å². The summed E-state index contributed by atoms with van der Waals surface area (Å²) in [4.78, 5) is 39.7. The average Bonchev–Trinajstić information content (AvgIpc) is 2.96. The number of H-pyrrole nitrogens is 2. The van der Waals surface area contributed by atoms with Crippen LogP contribution in [0.5, 0.6) is 0 Å². The molecule has 1 aliphatic heterocycles. The molecule has 27 heavy (non-hydrogen) atoms. The fraction of sp³-hybridized carbons (Fsp3) is 0.294. The summed E-state index contributed by atoms with van der Waals surface area (Å²) >= 11 is 0. The van der Waals surface area contributed by atoms with Crippen LogP contribution in [0.25, 0.3) is 10.9 Å². The Morgan fingerprint density at radius 1 is 1.11 bits per heavy atom. The number of rotatable bonds is 2. The van der Waals surface area contributed by atoms with Crippen LogP contribution in [-0.4, -0.2) is 24.8 Å². The molecule has 0 saturated heterocycles. The lowest BCUT2D eigenvalue weighted by Crippen LogP contribution is -2.22. The van der Waals surface area contributed by atoms with Crippen LogP contribution in [0.4, 0.5) is 13.2 Å². The third-order valence-corrected chi connectivity index (χ3v) is 4.43. The van der Waals surface area contributed by atoms with Crippen molar-refractivity contribution in [1.82, 2.24) is 24.8 Å². The van der Waals surface area contributed by atoms with Crippen LogP contribution in [0.15, 0.2) is 27.8 Å². The van der Waals surface area contributed by atoms with Crippen LogP contribution in [0.2, 0.25) is 0 Å². The molecule has 0 fully saturated rings. The Labute approximate surface area is 149 Å². The molecule has 1 aliphatic rings. The highest BCUT2D eigenvalue weighted by atomic mass is 19.4. The van der Waals surface area contributed by atoms with Gasteiger partial charge in [0.15, 0.2) is 0 Å². The van der Waals surface area contributed by atoms with Gasteiger partial charge in [0.05, 0.1) is 34.3 Å². The topological polar surface area (TPSA) is 94.7 Å². The minimum atomic E-state index is -4.51. The summed E-state index contributed by atoms with van der Waals surface area (Å²) in [6.07, 6.45) is -4.51. The van der Waals surface area contributed by atoms with Crippen molar-refractivity contribution in [3.05, 3.63) is 67.4 Å². The van der Waals surface area contributed by atoms with Crippen LogP contribution in [-0.2, 0) is 25.8 Å². The van der Waals surface area contributed by atoms with E-state index in [2.05, 4.69) is 19.9 Å². The van der Waals surface area contributed by atoms with E-state index in [0.29, 0.717) is 30.2 Å². The predicted molar refractivity (Wildman–Crippen MR) is 89.9 cm³/mol. The van der Waals surface area contributed by atoms with Crippen molar-refractivity contribution in [3.63, 3.8) is 0 Å². The van der Waals surface area contributed by atoms with Gasteiger partial charge in [-0.1, -0.05) is 0 Å². The van der Waals surface area contributed by atoms with Gasteiger partial charge in [-0.3, -0.25) is 14.5 Å². The predicted octanol–water partition coefficient (Wildman–Crippen LogP) is 1.85. The van der Waals surface area contributed by atoms with Crippen molar-refractivity contribution in [2.24, 2.45) is 0 Å². The minimum absolute atomic E-state index is 0.0212. The molecule has 140 valence electrons. The Bertz CT molecular complexity index is 1170. The number of hydrogen-bond donors (Lipinski definition) is 2. The van der Waals surface area contributed by atoms with E-state index in [4.69, 9.17) is 0 Å². The van der Waals surface area contributed by atoms with Gasteiger partial charge >= 0.3 is 6.18 Å². The van der Waals surface area contributed by atoms with Crippen LogP contribution < -0.4 is 11.1 Å². The molecule has 1 aromatic carbocycles. The molecule has 3 aromatic rings. The van der Waals surface area contributed by atoms with E-state index in [1.165, 1.54) is 0 Å². The summed E-state index contributed by atoms with van der Waals surface area (Å²) in [6.45, 7) is 2.58. The van der Waals surface area contributed by atoms with Crippen molar-refractivity contribution >= 4 is 10.9 Å². The molecule has 2 N–H and O–H groups in total. The first kappa shape index (κ1) is 17.4. The number of alkyl halides is 3. The number of aromatic nitrogens is 4. The van der Waals surface area contributed by atoms with Crippen molar-refractivity contribution in [2.45, 2.75) is 32.7 Å². The zero-order valence-corrected chi connectivity index (χ0v) is 14.1. The Morgan fingerprint density at radius 3 is 2.63 bits per heavy atom. The molecule has 0 amide bonds. The molecule has 0 unspecified atom stereocenters. The lowest BCUT2D eigenvalue weighted by molar-refractivity contribution is -0.137. The van der Waals surface area contributed by atoms with Gasteiger partial charge in [0, 0.05) is 13.1 Å².